The van der Waals surface area contributed by atoms with Crippen LogP contribution in [-0.4, -0.2) is 16.8 Å². The SMILES string of the molecule is Cc1cccc(CNC(=O)c2ccccc2-c2ccccc2CNC(=O)C[C@@H](C)c2ccccc2)n1. The predicted octanol–water partition coefficient (Wildman–Crippen LogP) is 5.80. The van der Waals surface area contributed by atoms with Crippen molar-refractivity contribution in [1.29, 1.82) is 0 Å². The molecule has 0 saturated heterocycles. The minimum Gasteiger partial charge on any atom is -0.352 e. The second kappa shape index (κ2) is 11.9. The number of rotatable bonds is 9. The van der Waals surface area contributed by atoms with Crippen LogP contribution in [0.4, 0.5) is 0 Å². The third-order valence-electron chi connectivity index (χ3n) is 6.19. The lowest BCUT2D eigenvalue weighted by Crippen LogP contribution is -2.25. The Kier molecular flexibility index (Phi) is 8.24. The van der Waals surface area contributed by atoms with E-state index in [0.717, 1.165) is 33.6 Å². The number of hydrogen-bond donors (Lipinski definition) is 2. The molecule has 2 N–H and O–H groups in total. The molecule has 0 fully saturated rings. The van der Waals surface area contributed by atoms with E-state index >= 15 is 0 Å². The second-order valence-corrected chi connectivity index (χ2v) is 8.95. The van der Waals surface area contributed by atoms with Crippen molar-refractivity contribution in [2.24, 2.45) is 0 Å². The van der Waals surface area contributed by atoms with Gasteiger partial charge in [-0.3, -0.25) is 14.6 Å². The first kappa shape index (κ1) is 24.9. The highest BCUT2D eigenvalue weighted by atomic mass is 16.2. The van der Waals surface area contributed by atoms with Crippen LogP contribution in [0.25, 0.3) is 11.1 Å². The summed E-state index contributed by atoms with van der Waals surface area (Å²) in [5, 5.41) is 6.05. The molecule has 5 nitrogen and oxygen atoms in total. The van der Waals surface area contributed by atoms with Crippen molar-refractivity contribution in [2.45, 2.75) is 39.3 Å². The zero-order valence-electron chi connectivity index (χ0n) is 20.7. The number of aryl methyl sites for hydroxylation is 1. The summed E-state index contributed by atoms with van der Waals surface area (Å²) in [7, 11) is 0. The predicted molar refractivity (Wildman–Crippen MR) is 143 cm³/mol. The molecule has 4 rings (SSSR count). The van der Waals surface area contributed by atoms with Crippen LogP contribution < -0.4 is 10.6 Å². The molecule has 5 heteroatoms. The van der Waals surface area contributed by atoms with Crippen molar-refractivity contribution in [3.05, 3.63) is 125 Å². The molecule has 0 aliphatic rings. The summed E-state index contributed by atoms with van der Waals surface area (Å²) in [5.74, 6) is -0.0315. The summed E-state index contributed by atoms with van der Waals surface area (Å²) in [6.07, 6.45) is 0.415. The summed E-state index contributed by atoms with van der Waals surface area (Å²) < 4.78 is 0. The lowest BCUT2D eigenvalue weighted by molar-refractivity contribution is -0.121. The average Bonchev–Trinajstić information content (AvgIpc) is 2.91. The van der Waals surface area contributed by atoms with Crippen molar-refractivity contribution < 1.29 is 9.59 Å². The molecule has 0 radical (unpaired) electrons. The molecule has 0 aliphatic carbocycles. The molecular weight excluding hydrogens is 446 g/mol. The fraction of sp³-hybridized carbons (Fsp3) is 0.194. The number of nitrogens with zero attached hydrogens (tertiary/aromatic N) is 1. The summed E-state index contributed by atoms with van der Waals surface area (Å²) in [5.41, 5.74) is 6.17. The van der Waals surface area contributed by atoms with Crippen LogP contribution in [-0.2, 0) is 17.9 Å². The number of carbonyl (C=O) groups excluding carboxylic acids is 2. The first-order chi connectivity index (χ1) is 17.5. The van der Waals surface area contributed by atoms with Gasteiger partial charge in [-0.15, -0.1) is 0 Å². The lowest BCUT2D eigenvalue weighted by atomic mass is 9.94. The van der Waals surface area contributed by atoms with Gasteiger partial charge in [0.2, 0.25) is 5.91 Å². The van der Waals surface area contributed by atoms with E-state index in [9.17, 15) is 9.59 Å². The van der Waals surface area contributed by atoms with Crippen molar-refractivity contribution in [1.82, 2.24) is 15.6 Å². The maximum Gasteiger partial charge on any atom is 0.252 e. The van der Waals surface area contributed by atoms with Crippen LogP contribution in [0.5, 0.6) is 0 Å². The minimum absolute atomic E-state index is 0.00200. The van der Waals surface area contributed by atoms with Gasteiger partial charge in [-0.1, -0.05) is 85.8 Å². The third-order valence-corrected chi connectivity index (χ3v) is 6.19. The van der Waals surface area contributed by atoms with Crippen molar-refractivity contribution >= 4 is 11.8 Å². The van der Waals surface area contributed by atoms with E-state index < -0.39 is 0 Å². The van der Waals surface area contributed by atoms with Crippen LogP contribution in [0.3, 0.4) is 0 Å². The lowest BCUT2D eigenvalue weighted by Gasteiger charge is -2.16. The standard InChI is InChI=1S/C31H31N3O2/c1-22(24-12-4-3-5-13-24)19-30(35)32-20-25-14-6-7-16-27(25)28-17-8-9-18-29(28)31(36)33-21-26-15-10-11-23(2)34-26/h3-18,22H,19-21H2,1-2H3,(H,32,35)(H,33,36)/t22-/m1/s1. The molecule has 3 aromatic carbocycles. The van der Waals surface area contributed by atoms with E-state index in [1.807, 2.05) is 104 Å². The Bertz CT molecular complexity index is 1330. The number of nitrogens with one attached hydrogen (secondary N) is 2. The maximum absolute atomic E-state index is 13.1. The van der Waals surface area contributed by atoms with Crippen LogP contribution in [0.2, 0.25) is 0 Å². The van der Waals surface area contributed by atoms with Crippen LogP contribution in [0, 0.1) is 6.92 Å². The van der Waals surface area contributed by atoms with Gasteiger partial charge in [-0.05, 0) is 53.3 Å². The fourth-order valence-electron chi connectivity index (χ4n) is 4.26. The van der Waals surface area contributed by atoms with Gasteiger partial charge in [0.05, 0.1) is 12.2 Å². The molecule has 4 aromatic rings. The first-order valence-electron chi connectivity index (χ1n) is 12.2. The maximum atomic E-state index is 13.1. The highest BCUT2D eigenvalue weighted by Crippen LogP contribution is 2.27. The molecule has 36 heavy (non-hydrogen) atoms. The first-order valence-corrected chi connectivity index (χ1v) is 12.2. The summed E-state index contributed by atoms with van der Waals surface area (Å²) >= 11 is 0. The van der Waals surface area contributed by atoms with Gasteiger partial charge in [0.15, 0.2) is 0 Å². The Morgan fingerprint density at radius 3 is 2.22 bits per heavy atom. The second-order valence-electron chi connectivity index (χ2n) is 8.95. The molecule has 2 amide bonds. The number of aromatic nitrogens is 1. The van der Waals surface area contributed by atoms with E-state index in [1.165, 1.54) is 0 Å². The highest BCUT2D eigenvalue weighted by Gasteiger charge is 2.16. The molecular formula is C31H31N3O2. The minimum atomic E-state index is -0.163. The number of carbonyl (C=O) groups is 2. The van der Waals surface area contributed by atoms with Crippen molar-refractivity contribution in [3.63, 3.8) is 0 Å². The van der Waals surface area contributed by atoms with Gasteiger partial charge < -0.3 is 10.6 Å². The Hall–Kier alpha value is -4.25. The summed E-state index contributed by atoms with van der Waals surface area (Å²) in [6.45, 7) is 4.73. The molecule has 0 aliphatic heterocycles. The van der Waals surface area contributed by atoms with Gasteiger partial charge in [0.1, 0.15) is 0 Å². The molecule has 1 heterocycles. The highest BCUT2D eigenvalue weighted by molar-refractivity contribution is 6.01. The normalized spacial score (nSPS) is 11.5. The van der Waals surface area contributed by atoms with Crippen LogP contribution >= 0.6 is 0 Å². The zero-order valence-corrected chi connectivity index (χ0v) is 20.7. The summed E-state index contributed by atoms with van der Waals surface area (Å²) in [4.78, 5) is 30.3. The van der Waals surface area contributed by atoms with Gasteiger partial charge in [0.25, 0.3) is 5.91 Å². The van der Waals surface area contributed by atoms with Crippen LogP contribution in [0.15, 0.2) is 97.1 Å². The Morgan fingerprint density at radius 1 is 0.750 bits per heavy atom. The van der Waals surface area contributed by atoms with E-state index in [0.29, 0.717) is 25.1 Å². The number of pyridine rings is 1. The van der Waals surface area contributed by atoms with E-state index in [2.05, 4.69) is 22.5 Å². The number of benzene rings is 3. The fourth-order valence-corrected chi connectivity index (χ4v) is 4.26. The largest absolute Gasteiger partial charge is 0.352 e. The molecule has 0 bridgehead atoms. The van der Waals surface area contributed by atoms with Crippen LogP contribution in [0.1, 0.15) is 52.1 Å². The van der Waals surface area contributed by atoms with Crippen molar-refractivity contribution in [2.75, 3.05) is 0 Å². The van der Waals surface area contributed by atoms with E-state index in [4.69, 9.17) is 0 Å². The average molecular weight is 478 g/mol. The number of hydrogen-bond acceptors (Lipinski definition) is 3. The van der Waals surface area contributed by atoms with Gasteiger partial charge in [0, 0.05) is 24.2 Å². The van der Waals surface area contributed by atoms with Gasteiger partial charge in [-0.2, -0.15) is 0 Å². The van der Waals surface area contributed by atoms with Gasteiger partial charge >= 0.3 is 0 Å². The summed E-state index contributed by atoms with van der Waals surface area (Å²) in [6, 6.07) is 31.2. The Balaban J connectivity index is 1.46. The molecule has 1 atom stereocenters. The quantitative estimate of drug-likeness (QED) is 0.320. The Labute approximate surface area is 212 Å². The van der Waals surface area contributed by atoms with Gasteiger partial charge in [-0.25, -0.2) is 0 Å². The monoisotopic (exact) mass is 477 g/mol. The topological polar surface area (TPSA) is 71.1 Å². The third kappa shape index (κ3) is 6.45. The zero-order chi connectivity index (χ0) is 25.3. The molecule has 1 aromatic heterocycles. The molecule has 0 saturated carbocycles. The Morgan fingerprint density at radius 2 is 1.44 bits per heavy atom. The van der Waals surface area contributed by atoms with Crippen molar-refractivity contribution in [3.8, 4) is 11.1 Å². The molecule has 0 unspecified atom stereocenters. The molecule has 182 valence electrons. The van der Waals surface area contributed by atoms with E-state index in [-0.39, 0.29) is 17.7 Å². The molecule has 0 spiro atoms. The van der Waals surface area contributed by atoms with E-state index in [1.54, 1.807) is 0 Å². The number of amides is 2. The smallest absolute Gasteiger partial charge is 0.252 e.